The van der Waals surface area contributed by atoms with Crippen molar-refractivity contribution in [3.8, 4) is 6.07 Å². The number of nitriles is 1. The largest absolute Gasteiger partial charge is 0.417 e. The lowest BCUT2D eigenvalue weighted by Gasteiger charge is -2.33. The van der Waals surface area contributed by atoms with E-state index in [-0.39, 0.29) is 16.0 Å². The number of aliphatic hydroxyl groups is 1. The zero-order valence-corrected chi connectivity index (χ0v) is 33.7. The number of sulfone groups is 1. The van der Waals surface area contributed by atoms with E-state index in [2.05, 4.69) is 41.5 Å². The van der Waals surface area contributed by atoms with Crippen LogP contribution in [-0.2, 0) is 32.6 Å². The normalized spacial score (nSPS) is 15.9. The predicted octanol–water partition coefficient (Wildman–Crippen LogP) is 5.08. The summed E-state index contributed by atoms with van der Waals surface area (Å²) in [6, 6.07) is 19.2. The van der Waals surface area contributed by atoms with Crippen molar-refractivity contribution in [1.29, 1.82) is 5.26 Å². The number of aromatic amines is 1. The Morgan fingerprint density at radius 3 is 2.24 bits per heavy atom. The number of nitrogens with zero attached hydrogens (tertiary/aromatic N) is 5. The van der Waals surface area contributed by atoms with Crippen molar-refractivity contribution in [3.63, 3.8) is 0 Å². The first-order valence-electron chi connectivity index (χ1n) is 18.9. The molecule has 0 spiro atoms. The van der Waals surface area contributed by atoms with Crippen molar-refractivity contribution in [2.24, 2.45) is 7.05 Å². The summed E-state index contributed by atoms with van der Waals surface area (Å²) in [7, 11) is -2.48. The van der Waals surface area contributed by atoms with Crippen LogP contribution < -0.4 is 26.8 Å². The monoisotopic (exact) mass is 874 g/mol. The SMILES string of the molecule is Cn1ncnc1[C@H]1c2n[nH]c(=O)c3cc(F)cc(c23)N[C@@H]1c1ccc(NCCOCCNc2ccc(S(=O)(=O)C[C@](C)(O)C(=O)Nc3ccc(C#N)c(C(F)(F)F)c3)cc2)cc1. The van der Waals surface area contributed by atoms with Crippen molar-refractivity contribution in [3.05, 3.63) is 130 Å². The van der Waals surface area contributed by atoms with E-state index in [0.29, 0.717) is 60.6 Å². The van der Waals surface area contributed by atoms with Crippen molar-refractivity contribution in [2.75, 3.05) is 53.3 Å². The van der Waals surface area contributed by atoms with E-state index < -0.39 is 67.7 Å². The van der Waals surface area contributed by atoms with E-state index >= 15 is 0 Å². The lowest BCUT2D eigenvalue weighted by molar-refractivity contribution is -0.137. The smallest absolute Gasteiger partial charge is 0.383 e. The Bertz CT molecular complexity index is 2840. The highest BCUT2D eigenvalue weighted by atomic mass is 32.2. The molecule has 0 unspecified atom stereocenters. The predicted molar refractivity (Wildman–Crippen MR) is 220 cm³/mol. The number of carbonyl (C=O) groups excluding carboxylic acids is 1. The number of H-pyrrole nitrogens is 1. The molecule has 322 valence electrons. The maximum Gasteiger partial charge on any atom is 0.417 e. The summed E-state index contributed by atoms with van der Waals surface area (Å²) >= 11 is 0. The van der Waals surface area contributed by atoms with Crippen LogP contribution in [0.1, 0.15) is 47.1 Å². The average Bonchev–Trinajstić information content (AvgIpc) is 3.65. The molecular weight excluding hydrogens is 837 g/mol. The number of hydrogen-bond donors (Lipinski definition) is 6. The van der Waals surface area contributed by atoms with Crippen LogP contribution in [0, 0.1) is 17.1 Å². The third-order valence-corrected chi connectivity index (χ3v) is 12.1. The second-order valence-corrected chi connectivity index (χ2v) is 16.6. The van der Waals surface area contributed by atoms with Gasteiger partial charge < -0.3 is 31.1 Å². The Hall–Kier alpha value is -6.89. The molecule has 0 bridgehead atoms. The van der Waals surface area contributed by atoms with Gasteiger partial charge in [0.1, 0.15) is 18.0 Å². The first-order chi connectivity index (χ1) is 29.4. The zero-order valence-electron chi connectivity index (χ0n) is 32.9. The number of ether oxygens (including phenoxy) is 1. The minimum absolute atomic E-state index is 0.182. The van der Waals surface area contributed by atoms with Crippen molar-refractivity contribution in [2.45, 2.75) is 35.6 Å². The quantitative estimate of drug-likeness (QED) is 0.0585. The van der Waals surface area contributed by atoms with Crippen molar-refractivity contribution >= 4 is 49.3 Å². The zero-order chi connectivity index (χ0) is 44.4. The van der Waals surface area contributed by atoms with Crippen LogP contribution in [0.25, 0.3) is 10.8 Å². The summed E-state index contributed by atoms with van der Waals surface area (Å²) in [5.41, 5.74) is -2.13. The Morgan fingerprint density at radius 1 is 0.984 bits per heavy atom. The van der Waals surface area contributed by atoms with Gasteiger partial charge in [0.15, 0.2) is 15.4 Å². The molecule has 1 amide bonds. The molecule has 1 aliphatic heterocycles. The highest BCUT2D eigenvalue weighted by molar-refractivity contribution is 7.91. The summed E-state index contributed by atoms with van der Waals surface area (Å²) in [5.74, 6) is -2.75. The first-order valence-corrected chi connectivity index (χ1v) is 20.6. The van der Waals surface area contributed by atoms with Gasteiger partial charge in [0.05, 0.1) is 64.1 Å². The third-order valence-electron chi connectivity index (χ3n) is 10.1. The van der Waals surface area contributed by atoms with Crippen LogP contribution in [0.15, 0.2) is 94.9 Å². The maximum absolute atomic E-state index is 14.6. The fourth-order valence-electron chi connectivity index (χ4n) is 7.13. The highest BCUT2D eigenvalue weighted by Crippen LogP contribution is 2.46. The van der Waals surface area contributed by atoms with Gasteiger partial charge in [-0.2, -0.15) is 28.6 Å². The van der Waals surface area contributed by atoms with Gasteiger partial charge in [-0.1, -0.05) is 12.1 Å². The molecule has 0 radical (unpaired) electrons. The molecule has 0 saturated heterocycles. The van der Waals surface area contributed by atoms with Crippen LogP contribution in [-0.4, -0.2) is 82.1 Å². The summed E-state index contributed by atoms with van der Waals surface area (Å²) in [4.78, 5) is 29.6. The van der Waals surface area contributed by atoms with Crippen molar-refractivity contribution in [1.82, 2.24) is 25.0 Å². The van der Waals surface area contributed by atoms with E-state index in [1.54, 1.807) is 11.7 Å². The van der Waals surface area contributed by atoms with Gasteiger partial charge >= 0.3 is 6.18 Å². The summed E-state index contributed by atoms with van der Waals surface area (Å²) in [6.45, 7) is 2.46. The van der Waals surface area contributed by atoms with Gasteiger partial charge in [0.25, 0.3) is 11.5 Å². The average molecular weight is 875 g/mol. The van der Waals surface area contributed by atoms with Crippen LogP contribution in [0.4, 0.5) is 40.3 Å². The Kier molecular flexibility index (Phi) is 12.0. The lowest BCUT2D eigenvalue weighted by atomic mass is 9.83. The summed E-state index contributed by atoms with van der Waals surface area (Å²) in [6.07, 6.45) is -3.45. The van der Waals surface area contributed by atoms with Gasteiger partial charge in [-0.3, -0.25) is 14.3 Å². The van der Waals surface area contributed by atoms with Crippen molar-refractivity contribution < 1.29 is 40.6 Å². The number of carbonyl (C=O) groups is 1. The lowest BCUT2D eigenvalue weighted by Crippen LogP contribution is -2.45. The number of nitrogens with one attached hydrogen (secondary N) is 5. The summed E-state index contributed by atoms with van der Waals surface area (Å²) < 4.78 is 88.2. The number of aromatic nitrogens is 5. The van der Waals surface area contributed by atoms with Crippen LogP contribution in [0.5, 0.6) is 0 Å². The number of benzene rings is 4. The second kappa shape index (κ2) is 17.2. The minimum atomic E-state index is -4.89. The molecule has 62 heavy (non-hydrogen) atoms. The number of aryl methyl sites for hydroxylation is 1. The van der Waals surface area contributed by atoms with E-state index in [1.165, 1.54) is 48.8 Å². The molecule has 6 aromatic rings. The molecule has 21 heteroatoms. The molecule has 3 atom stereocenters. The number of hydrogen-bond acceptors (Lipinski definition) is 13. The molecule has 0 saturated carbocycles. The minimum Gasteiger partial charge on any atom is -0.383 e. The number of halogens is 4. The molecule has 7 rings (SSSR count). The van der Waals surface area contributed by atoms with Gasteiger partial charge in [0.2, 0.25) is 0 Å². The second-order valence-electron chi connectivity index (χ2n) is 14.6. The fraction of sp³-hybridized carbons (Fsp3) is 0.268. The molecule has 3 heterocycles. The first kappa shape index (κ1) is 43.2. The Balaban J connectivity index is 0.875. The van der Waals surface area contributed by atoms with Crippen LogP contribution in [0.3, 0.4) is 0 Å². The van der Waals surface area contributed by atoms with E-state index in [9.17, 15) is 40.7 Å². The standard InChI is InChI=1S/C41H38F4N10O6S/c1-40(58,39(57)51-28-8-5-24(20-46)31(19-28)41(43,44)45)21-62(59,60)29-11-9-27(10-12-29)48-14-16-61-15-13-47-26-6-3-23(4-7-26)35-34(37-49-22-50-55(37)2)36-33-30(38(56)54-53-36)17-25(42)18-32(33)52-35/h3-12,17-19,22,34-35,47-48,52,58H,13-16,21H2,1-2H3,(H,51,57)(H,54,56)/t34-,35-,40+/m1/s1. The van der Waals surface area contributed by atoms with Gasteiger partial charge in [0, 0.05) is 48.3 Å². The van der Waals surface area contributed by atoms with Crippen LogP contribution >= 0.6 is 0 Å². The fourth-order valence-corrected chi connectivity index (χ4v) is 8.72. The molecule has 1 aliphatic rings. The van der Waals surface area contributed by atoms with Gasteiger partial charge in [-0.05, 0) is 79.2 Å². The number of amides is 1. The maximum atomic E-state index is 14.6. The van der Waals surface area contributed by atoms with E-state index in [1.807, 2.05) is 24.3 Å². The molecule has 4 aromatic carbocycles. The Labute approximate surface area is 350 Å². The van der Waals surface area contributed by atoms with Gasteiger partial charge in [-0.15, -0.1) is 0 Å². The molecule has 16 nitrogen and oxygen atoms in total. The third kappa shape index (κ3) is 9.21. The van der Waals surface area contributed by atoms with Crippen LogP contribution in [0.2, 0.25) is 0 Å². The number of rotatable bonds is 15. The number of anilines is 4. The van der Waals surface area contributed by atoms with E-state index in [4.69, 9.17) is 10.00 Å². The Morgan fingerprint density at radius 2 is 1.63 bits per heavy atom. The molecular formula is C41H38F4N10O6S. The number of alkyl halides is 3. The molecule has 0 fully saturated rings. The molecule has 0 aliphatic carbocycles. The highest BCUT2D eigenvalue weighted by Gasteiger charge is 2.39. The van der Waals surface area contributed by atoms with Gasteiger partial charge in [-0.25, -0.2) is 22.9 Å². The summed E-state index contributed by atoms with van der Waals surface area (Å²) in [5, 5.41) is 43.5. The topological polar surface area (TPSA) is 229 Å². The molecule has 2 aromatic heterocycles. The molecule has 6 N–H and O–H groups in total. The van der Waals surface area contributed by atoms with E-state index in [0.717, 1.165) is 30.3 Å².